The van der Waals surface area contributed by atoms with Gasteiger partial charge in [0.05, 0.1) is 26.4 Å². The van der Waals surface area contributed by atoms with E-state index in [1.54, 1.807) is 0 Å². The van der Waals surface area contributed by atoms with Gasteiger partial charge in [-0.1, -0.05) is 18.6 Å². The highest BCUT2D eigenvalue weighted by Crippen LogP contribution is 2.16. The predicted octanol–water partition coefficient (Wildman–Crippen LogP) is 1.71. The van der Waals surface area contributed by atoms with Gasteiger partial charge in [0, 0.05) is 19.3 Å². The SMILES string of the molecule is CC(OC(=O)CO[N+](=O)[O-])C(=O)Oc1ccc(CC(NC(=O)CCCCCO[N+](=O)[O-])C(=O)OCC(=O)OCCCCCC(=O)OCCCCO[N+](=O)[O-])cc1. The van der Waals surface area contributed by atoms with Crippen LogP contribution in [0, 0.1) is 30.3 Å². The van der Waals surface area contributed by atoms with E-state index >= 15 is 0 Å². The summed E-state index contributed by atoms with van der Waals surface area (Å²) >= 11 is 0. The lowest BCUT2D eigenvalue weighted by Gasteiger charge is -2.18. The van der Waals surface area contributed by atoms with Crippen molar-refractivity contribution in [3.8, 4) is 5.75 Å². The van der Waals surface area contributed by atoms with Crippen LogP contribution in [0.5, 0.6) is 5.75 Å². The van der Waals surface area contributed by atoms with Crippen LogP contribution in [-0.2, 0) is 68.6 Å². The van der Waals surface area contributed by atoms with Crippen LogP contribution >= 0.6 is 0 Å². The number of hydrogen-bond donors (Lipinski definition) is 1. The van der Waals surface area contributed by atoms with Gasteiger partial charge in [-0.2, -0.15) is 0 Å². The van der Waals surface area contributed by atoms with Crippen molar-refractivity contribution in [2.75, 3.05) is 39.6 Å². The number of rotatable bonds is 31. The molecule has 0 radical (unpaired) electrons. The molecular formula is C32H44N4O20. The van der Waals surface area contributed by atoms with Gasteiger partial charge in [-0.25, -0.2) is 19.2 Å². The number of benzene rings is 1. The summed E-state index contributed by atoms with van der Waals surface area (Å²) in [6.45, 7) is -0.778. The molecule has 0 saturated carbocycles. The molecule has 0 bridgehead atoms. The summed E-state index contributed by atoms with van der Waals surface area (Å²) in [6, 6.07) is 4.32. The molecule has 24 nitrogen and oxygen atoms in total. The predicted molar refractivity (Wildman–Crippen MR) is 181 cm³/mol. The van der Waals surface area contributed by atoms with Crippen LogP contribution in [0.25, 0.3) is 0 Å². The van der Waals surface area contributed by atoms with Gasteiger partial charge in [0.1, 0.15) is 11.8 Å². The van der Waals surface area contributed by atoms with Crippen molar-refractivity contribution in [1.29, 1.82) is 0 Å². The zero-order valence-electron chi connectivity index (χ0n) is 30.5. The molecule has 312 valence electrons. The van der Waals surface area contributed by atoms with Crippen LogP contribution in [0.15, 0.2) is 24.3 Å². The lowest BCUT2D eigenvalue weighted by molar-refractivity contribution is -0.757. The number of carbonyl (C=O) groups is 6. The van der Waals surface area contributed by atoms with Crippen molar-refractivity contribution in [2.45, 2.75) is 89.7 Å². The van der Waals surface area contributed by atoms with E-state index in [1.165, 1.54) is 31.2 Å². The Kier molecular flexibility index (Phi) is 23.9. The zero-order valence-corrected chi connectivity index (χ0v) is 30.5. The topological polar surface area (TPSA) is 318 Å². The average molecular weight is 805 g/mol. The summed E-state index contributed by atoms with van der Waals surface area (Å²) in [4.78, 5) is 116. The van der Waals surface area contributed by atoms with Crippen LogP contribution in [0.3, 0.4) is 0 Å². The molecular weight excluding hydrogens is 760 g/mol. The minimum Gasteiger partial charge on any atom is -0.466 e. The van der Waals surface area contributed by atoms with Gasteiger partial charge in [-0.3, -0.25) is 9.59 Å². The fourth-order valence-electron chi connectivity index (χ4n) is 4.28. The quantitative estimate of drug-likeness (QED) is 0.0279. The Morgan fingerprint density at radius 3 is 1.75 bits per heavy atom. The maximum atomic E-state index is 13.0. The highest BCUT2D eigenvalue weighted by molar-refractivity contribution is 5.86. The number of nitrogens with one attached hydrogen (secondary N) is 1. The largest absolute Gasteiger partial charge is 0.466 e. The van der Waals surface area contributed by atoms with E-state index in [4.69, 9.17) is 23.7 Å². The number of unbranched alkanes of at least 4 members (excludes halogenated alkanes) is 5. The number of amides is 1. The first-order valence-electron chi connectivity index (χ1n) is 17.3. The minimum atomic E-state index is -1.44. The van der Waals surface area contributed by atoms with Gasteiger partial charge >= 0.3 is 29.8 Å². The molecule has 1 N–H and O–H groups in total. The second-order valence-electron chi connectivity index (χ2n) is 11.5. The molecule has 1 rings (SSSR count). The van der Waals surface area contributed by atoms with Crippen LogP contribution in [-0.4, -0.2) is 103 Å². The third-order valence-electron chi connectivity index (χ3n) is 6.99. The lowest BCUT2D eigenvalue weighted by atomic mass is 10.1. The first kappa shape index (κ1) is 47.7. The van der Waals surface area contributed by atoms with E-state index in [1.807, 2.05) is 0 Å². The number of nitrogens with zero attached hydrogens (tertiary/aromatic N) is 3. The van der Waals surface area contributed by atoms with E-state index in [9.17, 15) is 59.1 Å². The number of esters is 5. The van der Waals surface area contributed by atoms with Crippen LogP contribution < -0.4 is 10.1 Å². The highest BCUT2D eigenvalue weighted by Gasteiger charge is 2.25. The Hall–Kier alpha value is -6.36. The fraction of sp³-hybridized carbons (Fsp3) is 0.625. The summed E-state index contributed by atoms with van der Waals surface area (Å²) in [5, 5.41) is 30.0. The van der Waals surface area contributed by atoms with Gasteiger partial charge in [0.25, 0.3) is 15.3 Å². The molecule has 0 heterocycles. The molecule has 0 saturated heterocycles. The van der Waals surface area contributed by atoms with Crippen molar-refractivity contribution < 1.29 is 82.2 Å². The van der Waals surface area contributed by atoms with Gasteiger partial charge in [-0.15, -0.1) is 30.3 Å². The molecule has 0 aliphatic carbocycles. The molecule has 0 aliphatic rings. The molecule has 1 amide bonds. The molecule has 1 aromatic carbocycles. The van der Waals surface area contributed by atoms with Gasteiger partial charge in [-0.05, 0) is 69.6 Å². The minimum absolute atomic E-state index is 0.00498. The van der Waals surface area contributed by atoms with Crippen molar-refractivity contribution in [3.63, 3.8) is 0 Å². The van der Waals surface area contributed by atoms with E-state index < -0.39 is 76.4 Å². The van der Waals surface area contributed by atoms with Gasteiger partial charge < -0.3 is 43.5 Å². The Balaban J connectivity index is 2.61. The number of ether oxygens (including phenoxy) is 5. The molecule has 24 heteroatoms. The fourth-order valence-corrected chi connectivity index (χ4v) is 4.28. The van der Waals surface area contributed by atoms with Crippen molar-refractivity contribution in [1.82, 2.24) is 5.32 Å². The van der Waals surface area contributed by atoms with Crippen molar-refractivity contribution in [2.24, 2.45) is 0 Å². The Morgan fingerprint density at radius 2 is 1.14 bits per heavy atom. The maximum absolute atomic E-state index is 13.0. The van der Waals surface area contributed by atoms with Crippen LogP contribution in [0.4, 0.5) is 0 Å². The van der Waals surface area contributed by atoms with E-state index in [0.29, 0.717) is 56.9 Å². The molecule has 0 fully saturated rings. The van der Waals surface area contributed by atoms with E-state index in [-0.39, 0.29) is 51.4 Å². The molecule has 2 atom stereocenters. The molecule has 56 heavy (non-hydrogen) atoms. The summed E-state index contributed by atoms with van der Waals surface area (Å²) < 4.78 is 25.0. The van der Waals surface area contributed by atoms with E-state index in [2.05, 4.69) is 19.8 Å². The molecule has 0 aromatic heterocycles. The van der Waals surface area contributed by atoms with Crippen LogP contribution in [0.2, 0.25) is 0 Å². The normalized spacial score (nSPS) is 11.4. The smallest absolute Gasteiger partial charge is 0.352 e. The second kappa shape index (κ2) is 28.1. The number of carbonyl (C=O) groups excluding carboxylic acids is 6. The first-order valence-corrected chi connectivity index (χ1v) is 17.3. The van der Waals surface area contributed by atoms with Crippen LogP contribution in [0.1, 0.15) is 76.7 Å². The summed E-state index contributed by atoms with van der Waals surface area (Å²) in [5.41, 5.74) is 0.453. The summed E-state index contributed by atoms with van der Waals surface area (Å²) in [5.74, 6) is -5.00. The number of hydrogen-bond acceptors (Lipinski definition) is 20. The van der Waals surface area contributed by atoms with Crippen molar-refractivity contribution in [3.05, 3.63) is 60.2 Å². The maximum Gasteiger partial charge on any atom is 0.352 e. The second-order valence-corrected chi connectivity index (χ2v) is 11.5. The molecule has 0 aliphatic heterocycles. The summed E-state index contributed by atoms with van der Waals surface area (Å²) in [7, 11) is 0. The monoisotopic (exact) mass is 804 g/mol. The third kappa shape index (κ3) is 24.8. The molecule has 0 spiro atoms. The van der Waals surface area contributed by atoms with E-state index in [0.717, 1.165) is 0 Å². The Labute approximate surface area is 318 Å². The average Bonchev–Trinajstić information content (AvgIpc) is 3.14. The van der Waals surface area contributed by atoms with Gasteiger partial charge in [0.2, 0.25) is 5.91 Å². The molecule has 1 aromatic rings. The highest BCUT2D eigenvalue weighted by atomic mass is 17.0. The summed E-state index contributed by atoms with van der Waals surface area (Å²) in [6.07, 6.45) is 1.69. The van der Waals surface area contributed by atoms with Gasteiger partial charge in [0.15, 0.2) is 19.3 Å². The lowest BCUT2D eigenvalue weighted by Crippen LogP contribution is -2.43. The zero-order chi connectivity index (χ0) is 41.7. The molecule has 2 unspecified atom stereocenters. The third-order valence-corrected chi connectivity index (χ3v) is 6.99. The Morgan fingerprint density at radius 1 is 0.607 bits per heavy atom. The van der Waals surface area contributed by atoms with Crippen molar-refractivity contribution >= 4 is 35.8 Å². The Bertz CT molecular complexity index is 1460. The standard InChI is InChI=1S/C32H44N4O20/c1-23(55-30(40)22-54-36(47)48)31(41)56-25-14-12-24(13-15-25)20-26(33-27(37)10-4-2-7-18-52-34(43)44)32(42)51-21-29(39)50-16-6-3-5-11-28(38)49-17-8-9-19-53-35(45)46/h12-15,23,26H,2-11,16-22H2,1H3,(H,33,37). The first-order chi connectivity index (χ1) is 26.7.